The highest BCUT2D eigenvalue weighted by molar-refractivity contribution is 5.52. The van der Waals surface area contributed by atoms with Gasteiger partial charge in [0.1, 0.15) is 0 Å². The first kappa shape index (κ1) is 13.2. The van der Waals surface area contributed by atoms with Crippen LogP contribution in [0.1, 0.15) is 18.7 Å². The van der Waals surface area contributed by atoms with Gasteiger partial charge in [-0.25, -0.2) is 0 Å². The van der Waals surface area contributed by atoms with Crippen LogP contribution in [0.5, 0.6) is 0 Å². The van der Waals surface area contributed by atoms with Gasteiger partial charge in [-0.05, 0) is 30.9 Å². The maximum Gasteiger partial charge on any atom is 0.227 e. The van der Waals surface area contributed by atoms with Crippen molar-refractivity contribution in [1.82, 2.24) is 20.2 Å². The van der Waals surface area contributed by atoms with Crippen molar-refractivity contribution in [3.8, 4) is 11.4 Å². The monoisotopic (exact) mass is 274 g/mol. The van der Waals surface area contributed by atoms with Crippen molar-refractivity contribution in [3.63, 3.8) is 0 Å². The van der Waals surface area contributed by atoms with Crippen LogP contribution in [-0.4, -0.2) is 40.4 Å². The van der Waals surface area contributed by atoms with E-state index in [2.05, 4.69) is 15.1 Å². The zero-order chi connectivity index (χ0) is 13.8. The number of hydrogen-bond donors (Lipinski definition) is 0. The number of nitrogens with zero attached hydrogens (tertiary/aromatic N) is 4. The molecule has 0 aromatic carbocycles. The molecule has 0 unspecified atom stereocenters. The topological polar surface area (TPSA) is 64.3 Å². The largest absolute Gasteiger partial charge is 0.339 e. The summed E-state index contributed by atoms with van der Waals surface area (Å²) in [6.45, 7) is 1.93. The summed E-state index contributed by atoms with van der Waals surface area (Å²) in [7, 11) is 1.72. The molecule has 20 heavy (non-hydrogen) atoms. The van der Waals surface area contributed by atoms with E-state index < -0.39 is 0 Å². The lowest BCUT2D eigenvalue weighted by molar-refractivity contribution is -0.148. The lowest BCUT2D eigenvalue weighted by Crippen LogP contribution is -2.33. The molecule has 0 amide bonds. The lowest BCUT2D eigenvalue weighted by atomic mass is 9.94. The van der Waals surface area contributed by atoms with Gasteiger partial charge in [0, 0.05) is 37.5 Å². The first-order valence-electron chi connectivity index (χ1n) is 6.87. The predicted molar refractivity (Wildman–Crippen MR) is 72.5 cm³/mol. The molecule has 3 heterocycles. The lowest BCUT2D eigenvalue weighted by Gasteiger charge is -2.29. The van der Waals surface area contributed by atoms with Crippen LogP contribution in [-0.2, 0) is 11.3 Å². The predicted octanol–water partition coefficient (Wildman–Crippen LogP) is 1.95. The van der Waals surface area contributed by atoms with Crippen molar-refractivity contribution < 1.29 is 9.36 Å². The van der Waals surface area contributed by atoms with Crippen LogP contribution < -0.4 is 0 Å². The fraction of sp³-hybridized carbons (Fsp3) is 0.500. The van der Waals surface area contributed by atoms with Crippen LogP contribution in [0.3, 0.4) is 0 Å². The summed E-state index contributed by atoms with van der Waals surface area (Å²) in [4.78, 5) is 13.7. The van der Waals surface area contributed by atoms with Crippen molar-refractivity contribution in [3.05, 3.63) is 30.4 Å². The molecule has 6 heteroatoms. The Morgan fingerprint density at radius 2 is 2.05 bits per heavy atom. The second-order valence-electron chi connectivity index (χ2n) is 5.01. The van der Waals surface area contributed by atoms with Gasteiger partial charge in [0.05, 0.1) is 7.11 Å². The number of rotatable bonds is 4. The highest BCUT2D eigenvalue weighted by atomic mass is 16.7. The van der Waals surface area contributed by atoms with Gasteiger partial charge in [0.15, 0.2) is 0 Å². The van der Waals surface area contributed by atoms with Crippen LogP contribution in [0.4, 0.5) is 0 Å². The van der Waals surface area contributed by atoms with Gasteiger partial charge in [0.25, 0.3) is 0 Å². The molecule has 1 aliphatic rings. The maximum atomic E-state index is 5.35. The van der Waals surface area contributed by atoms with Gasteiger partial charge in [0.2, 0.25) is 11.7 Å². The summed E-state index contributed by atoms with van der Waals surface area (Å²) >= 11 is 0. The molecule has 0 aliphatic carbocycles. The Labute approximate surface area is 117 Å². The van der Waals surface area contributed by atoms with Gasteiger partial charge < -0.3 is 9.36 Å². The molecule has 6 nitrogen and oxygen atoms in total. The van der Waals surface area contributed by atoms with Crippen molar-refractivity contribution in [1.29, 1.82) is 0 Å². The zero-order valence-electron chi connectivity index (χ0n) is 11.5. The van der Waals surface area contributed by atoms with E-state index in [9.17, 15) is 0 Å². The molecule has 0 radical (unpaired) electrons. The van der Waals surface area contributed by atoms with E-state index in [0.29, 0.717) is 17.6 Å². The van der Waals surface area contributed by atoms with Gasteiger partial charge in [-0.15, -0.1) is 0 Å². The number of hydrogen-bond acceptors (Lipinski definition) is 6. The first-order valence-corrected chi connectivity index (χ1v) is 6.87. The quantitative estimate of drug-likeness (QED) is 0.849. The fourth-order valence-electron chi connectivity index (χ4n) is 2.50. The molecule has 1 fully saturated rings. The maximum absolute atomic E-state index is 5.35. The second-order valence-corrected chi connectivity index (χ2v) is 5.01. The molecular weight excluding hydrogens is 256 g/mol. The average Bonchev–Trinajstić information content (AvgIpc) is 2.97. The molecule has 3 rings (SSSR count). The molecule has 0 N–H and O–H groups in total. The molecule has 2 aromatic rings. The van der Waals surface area contributed by atoms with Gasteiger partial charge >= 0.3 is 0 Å². The smallest absolute Gasteiger partial charge is 0.227 e. The van der Waals surface area contributed by atoms with Crippen LogP contribution in [0.15, 0.2) is 29.0 Å². The van der Waals surface area contributed by atoms with Gasteiger partial charge in [-0.1, -0.05) is 5.16 Å². The van der Waals surface area contributed by atoms with Crippen LogP contribution in [0, 0.1) is 5.92 Å². The van der Waals surface area contributed by atoms with Crippen LogP contribution >= 0.6 is 0 Å². The Balaban J connectivity index is 1.61. The van der Waals surface area contributed by atoms with E-state index in [1.165, 1.54) is 0 Å². The number of aromatic nitrogens is 3. The van der Waals surface area contributed by atoms with E-state index in [1.54, 1.807) is 19.5 Å². The van der Waals surface area contributed by atoms with E-state index in [0.717, 1.165) is 37.9 Å². The summed E-state index contributed by atoms with van der Waals surface area (Å²) in [5.41, 5.74) is 0.934. The molecule has 1 aliphatic heterocycles. The molecule has 0 saturated carbocycles. The summed E-state index contributed by atoms with van der Waals surface area (Å²) in [6.07, 6.45) is 6.49. The molecule has 0 atom stereocenters. The second kappa shape index (κ2) is 6.11. The molecular formula is C14H18N4O2. The Morgan fingerprint density at radius 3 is 2.75 bits per heavy atom. The van der Waals surface area contributed by atoms with E-state index in [4.69, 9.17) is 9.36 Å². The Kier molecular flexibility index (Phi) is 4.03. The molecule has 2 aromatic heterocycles. The summed E-state index contributed by atoms with van der Waals surface area (Å²) in [5.74, 6) is 1.94. The normalized spacial score (nSPS) is 17.4. The summed E-state index contributed by atoms with van der Waals surface area (Å²) < 4.78 is 5.35. The van der Waals surface area contributed by atoms with Gasteiger partial charge in [-0.3, -0.25) is 4.98 Å². The third-order valence-electron chi connectivity index (χ3n) is 3.70. The zero-order valence-corrected chi connectivity index (χ0v) is 11.5. The minimum atomic E-state index is 0.590. The Morgan fingerprint density at radius 1 is 1.30 bits per heavy atom. The number of piperidine rings is 1. The van der Waals surface area contributed by atoms with E-state index in [-0.39, 0.29) is 0 Å². The van der Waals surface area contributed by atoms with Crippen molar-refractivity contribution in [2.75, 3.05) is 20.2 Å². The molecule has 106 valence electrons. The van der Waals surface area contributed by atoms with Crippen molar-refractivity contribution in [2.24, 2.45) is 5.92 Å². The number of pyridine rings is 1. The minimum absolute atomic E-state index is 0.590. The van der Waals surface area contributed by atoms with Gasteiger partial charge in [-0.2, -0.15) is 10.0 Å². The first-order chi connectivity index (χ1) is 9.85. The Bertz CT molecular complexity index is 535. The van der Waals surface area contributed by atoms with E-state index >= 15 is 0 Å². The third-order valence-corrected chi connectivity index (χ3v) is 3.70. The van der Waals surface area contributed by atoms with Crippen LogP contribution in [0.2, 0.25) is 0 Å². The minimum Gasteiger partial charge on any atom is -0.339 e. The van der Waals surface area contributed by atoms with Crippen molar-refractivity contribution in [2.45, 2.75) is 19.3 Å². The fourth-order valence-corrected chi connectivity index (χ4v) is 2.50. The van der Waals surface area contributed by atoms with Crippen molar-refractivity contribution >= 4 is 0 Å². The summed E-state index contributed by atoms with van der Waals surface area (Å²) in [5, 5.41) is 6.03. The van der Waals surface area contributed by atoms with Crippen LogP contribution in [0.25, 0.3) is 11.4 Å². The Hall–Kier alpha value is -1.79. The number of hydroxylamine groups is 2. The standard InChI is InChI=1S/C14H18N4O2/c1-19-18-8-4-11(5-9-18)10-13-16-14(17-20-13)12-2-6-15-7-3-12/h2-3,6-7,11H,4-5,8-10H2,1H3. The molecule has 0 spiro atoms. The highest BCUT2D eigenvalue weighted by Crippen LogP contribution is 2.22. The molecule has 1 saturated heterocycles. The van der Waals surface area contributed by atoms with E-state index in [1.807, 2.05) is 17.2 Å². The molecule has 0 bridgehead atoms. The third kappa shape index (κ3) is 3.02. The highest BCUT2D eigenvalue weighted by Gasteiger charge is 2.21. The average molecular weight is 274 g/mol. The summed E-state index contributed by atoms with van der Waals surface area (Å²) in [6, 6.07) is 3.76. The SMILES string of the molecule is CON1CCC(Cc2nc(-c3ccncc3)no2)CC1.